The summed E-state index contributed by atoms with van der Waals surface area (Å²) < 4.78 is 5.38. The molecule has 0 spiro atoms. The molecule has 1 aliphatic rings. The predicted molar refractivity (Wildman–Crippen MR) is 67.1 cm³/mol. The van der Waals surface area contributed by atoms with Crippen LogP contribution in [0.3, 0.4) is 0 Å². The van der Waals surface area contributed by atoms with Crippen LogP contribution >= 0.6 is 11.6 Å². The molecule has 1 fully saturated rings. The molecule has 88 valence electrons. The van der Waals surface area contributed by atoms with Crippen LogP contribution in [0, 0.1) is 0 Å². The number of hydrogen-bond donors (Lipinski definition) is 1. The van der Waals surface area contributed by atoms with E-state index >= 15 is 0 Å². The molecule has 3 heteroatoms. The number of benzene rings is 1. The Kier molecular flexibility index (Phi) is 3.53. The summed E-state index contributed by atoms with van der Waals surface area (Å²) in [7, 11) is 0. The molecule has 16 heavy (non-hydrogen) atoms. The maximum Gasteiger partial charge on any atom is 0.0598 e. The van der Waals surface area contributed by atoms with Gasteiger partial charge in [-0.05, 0) is 17.7 Å². The molecular weight excluding hydrogens is 222 g/mol. The van der Waals surface area contributed by atoms with Crippen molar-refractivity contribution in [3.63, 3.8) is 0 Å². The lowest BCUT2D eigenvalue weighted by atomic mass is 9.78. The maximum absolute atomic E-state index is 5.90. The van der Waals surface area contributed by atoms with E-state index in [2.05, 4.69) is 31.3 Å². The molecule has 1 aliphatic heterocycles. The monoisotopic (exact) mass is 239 g/mol. The quantitative estimate of drug-likeness (QED) is 0.872. The van der Waals surface area contributed by atoms with E-state index in [1.807, 2.05) is 12.1 Å². The van der Waals surface area contributed by atoms with Gasteiger partial charge in [-0.25, -0.2) is 0 Å². The fraction of sp³-hybridized carbons (Fsp3) is 0.538. The van der Waals surface area contributed by atoms with E-state index in [9.17, 15) is 0 Å². The highest BCUT2D eigenvalue weighted by molar-refractivity contribution is 6.30. The molecule has 0 saturated carbocycles. The first-order valence-corrected chi connectivity index (χ1v) is 6.07. The molecule has 2 rings (SSSR count). The maximum atomic E-state index is 5.90. The van der Waals surface area contributed by atoms with Gasteiger partial charge in [0.2, 0.25) is 0 Å². The van der Waals surface area contributed by atoms with Gasteiger partial charge in [0.15, 0.2) is 0 Å². The van der Waals surface area contributed by atoms with E-state index in [4.69, 9.17) is 16.3 Å². The van der Waals surface area contributed by atoms with Gasteiger partial charge in [-0.3, -0.25) is 0 Å². The zero-order chi connectivity index (χ0) is 11.6. The molecule has 1 aromatic carbocycles. The van der Waals surface area contributed by atoms with Gasteiger partial charge in [0.05, 0.1) is 18.6 Å². The van der Waals surface area contributed by atoms with E-state index in [-0.39, 0.29) is 5.41 Å². The zero-order valence-corrected chi connectivity index (χ0v) is 10.6. The summed E-state index contributed by atoms with van der Waals surface area (Å²) in [5.74, 6) is 0. The Balaban J connectivity index is 2.11. The van der Waals surface area contributed by atoms with Crippen molar-refractivity contribution in [1.82, 2.24) is 5.32 Å². The molecule has 0 aliphatic carbocycles. The fourth-order valence-corrected chi connectivity index (χ4v) is 2.05. The molecule has 2 nitrogen and oxygen atoms in total. The van der Waals surface area contributed by atoms with Gasteiger partial charge in [0, 0.05) is 17.6 Å². The minimum atomic E-state index is 0.148. The Morgan fingerprint density at radius 1 is 1.31 bits per heavy atom. The van der Waals surface area contributed by atoms with Crippen LogP contribution in [0.5, 0.6) is 0 Å². The normalized spacial score (nSPS) is 18.5. The highest BCUT2D eigenvalue weighted by atomic mass is 35.5. The van der Waals surface area contributed by atoms with Crippen LogP contribution in [0.15, 0.2) is 24.3 Å². The molecule has 1 saturated heterocycles. The topological polar surface area (TPSA) is 21.3 Å². The summed E-state index contributed by atoms with van der Waals surface area (Å²) in [5.41, 5.74) is 1.46. The summed E-state index contributed by atoms with van der Waals surface area (Å²) in [6, 6.07) is 8.61. The molecule has 0 unspecified atom stereocenters. The largest absolute Gasteiger partial charge is 0.379 e. The molecule has 0 bridgehead atoms. The first kappa shape index (κ1) is 11.9. The fourth-order valence-electron chi connectivity index (χ4n) is 1.92. The average Bonchev–Trinajstić information content (AvgIpc) is 2.18. The van der Waals surface area contributed by atoms with Crippen molar-refractivity contribution in [2.75, 3.05) is 19.8 Å². The van der Waals surface area contributed by atoms with Crippen LogP contribution in [0.4, 0.5) is 0 Å². The summed E-state index contributed by atoms with van der Waals surface area (Å²) >= 11 is 5.90. The minimum absolute atomic E-state index is 0.148. The van der Waals surface area contributed by atoms with E-state index in [1.54, 1.807) is 0 Å². The van der Waals surface area contributed by atoms with E-state index < -0.39 is 0 Å². The number of nitrogens with one attached hydrogen (secondary N) is 1. The van der Waals surface area contributed by atoms with Crippen molar-refractivity contribution in [3.8, 4) is 0 Å². The molecule has 0 aromatic heterocycles. The van der Waals surface area contributed by atoms with Crippen LogP contribution in [0.2, 0.25) is 5.02 Å². The van der Waals surface area contributed by atoms with E-state index in [0.29, 0.717) is 6.04 Å². The Labute approximate surface area is 102 Å². The highest BCUT2D eigenvalue weighted by Crippen LogP contribution is 2.32. The number of halogens is 1. The first-order chi connectivity index (χ1) is 7.62. The van der Waals surface area contributed by atoms with Gasteiger partial charge in [0.1, 0.15) is 0 Å². The van der Waals surface area contributed by atoms with Crippen LogP contribution in [-0.4, -0.2) is 25.8 Å². The first-order valence-electron chi connectivity index (χ1n) is 5.70. The summed E-state index contributed by atoms with van der Waals surface area (Å²) in [4.78, 5) is 0. The van der Waals surface area contributed by atoms with Gasteiger partial charge in [0.25, 0.3) is 0 Å². The highest BCUT2D eigenvalue weighted by Gasteiger charge is 2.39. The Morgan fingerprint density at radius 2 is 1.94 bits per heavy atom. The zero-order valence-electron chi connectivity index (χ0n) is 9.79. The van der Waals surface area contributed by atoms with Gasteiger partial charge >= 0.3 is 0 Å². The Morgan fingerprint density at radius 3 is 2.38 bits per heavy atom. The molecule has 0 amide bonds. The van der Waals surface area contributed by atoms with Crippen LogP contribution in [-0.2, 0) is 10.2 Å². The second-order valence-corrected chi connectivity index (χ2v) is 5.25. The number of hydrogen-bond acceptors (Lipinski definition) is 2. The minimum Gasteiger partial charge on any atom is -0.379 e. The van der Waals surface area contributed by atoms with Crippen molar-refractivity contribution in [1.29, 1.82) is 0 Å². The van der Waals surface area contributed by atoms with Gasteiger partial charge in [-0.2, -0.15) is 0 Å². The van der Waals surface area contributed by atoms with Crippen molar-refractivity contribution < 1.29 is 4.74 Å². The Hall–Kier alpha value is -0.570. The lowest BCUT2D eigenvalue weighted by Gasteiger charge is -2.42. The Bertz CT molecular complexity index is 343. The lowest BCUT2D eigenvalue weighted by Crippen LogP contribution is -2.54. The van der Waals surface area contributed by atoms with E-state index in [1.165, 1.54) is 5.56 Å². The van der Waals surface area contributed by atoms with Crippen molar-refractivity contribution >= 4 is 11.6 Å². The molecule has 0 atom stereocenters. The number of rotatable bonds is 4. The summed E-state index contributed by atoms with van der Waals surface area (Å²) in [6.07, 6.45) is 0. The summed E-state index contributed by atoms with van der Waals surface area (Å²) in [5, 5.41) is 4.28. The van der Waals surface area contributed by atoms with E-state index in [0.717, 1.165) is 24.8 Å². The molecule has 0 radical (unpaired) electrons. The number of ether oxygens (including phenoxy) is 1. The predicted octanol–water partition coefficient (Wildman–Crippen LogP) is 2.61. The van der Waals surface area contributed by atoms with Gasteiger partial charge in [-0.1, -0.05) is 37.6 Å². The van der Waals surface area contributed by atoms with Crippen molar-refractivity contribution in [2.24, 2.45) is 0 Å². The van der Waals surface area contributed by atoms with Crippen molar-refractivity contribution in [2.45, 2.75) is 25.3 Å². The average molecular weight is 240 g/mol. The second kappa shape index (κ2) is 4.74. The van der Waals surface area contributed by atoms with Crippen LogP contribution in [0.1, 0.15) is 19.4 Å². The molecular formula is C13H18ClNO. The molecule has 1 heterocycles. The molecule has 1 N–H and O–H groups in total. The SMILES string of the molecule is CC(C)NCC1(c2ccc(Cl)cc2)COC1. The lowest BCUT2D eigenvalue weighted by molar-refractivity contribution is -0.0597. The van der Waals surface area contributed by atoms with Crippen LogP contribution in [0.25, 0.3) is 0 Å². The van der Waals surface area contributed by atoms with Crippen LogP contribution < -0.4 is 5.32 Å². The third-order valence-corrected chi connectivity index (χ3v) is 3.31. The third kappa shape index (κ3) is 2.40. The smallest absolute Gasteiger partial charge is 0.0598 e. The second-order valence-electron chi connectivity index (χ2n) is 4.82. The van der Waals surface area contributed by atoms with Crippen molar-refractivity contribution in [3.05, 3.63) is 34.9 Å². The third-order valence-electron chi connectivity index (χ3n) is 3.06. The summed E-state index contributed by atoms with van der Waals surface area (Å²) in [6.45, 7) is 6.89. The molecule has 1 aromatic rings. The van der Waals surface area contributed by atoms with Gasteiger partial charge < -0.3 is 10.1 Å². The van der Waals surface area contributed by atoms with Gasteiger partial charge in [-0.15, -0.1) is 0 Å². The standard InChI is InChI=1S/C13H18ClNO/c1-10(2)15-7-13(8-16-9-13)11-3-5-12(14)6-4-11/h3-6,10,15H,7-9H2,1-2H3.